The number of aromatic nitrogens is 2. The number of hydrogen-bond acceptors (Lipinski definition) is 3. The Hall–Kier alpha value is -1.88. The van der Waals surface area contributed by atoms with Crippen molar-refractivity contribution in [1.29, 1.82) is 0 Å². The van der Waals surface area contributed by atoms with E-state index in [1.54, 1.807) is 43.2 Å². The van der Waals surface area contributed by atoms with E-state index in [2.05, 4.69) is 5.10 Å². The van der Waals surface area contributed by atoms with Crippen LogP contribution in [-0.4, -0.2) is 9.78 Å². The lowest BCUT2D eigenvalue weighted by Crippen LogP contribution is -2.09. The number of ether oxygens (including phenoxy) is 1. The van der Waals surface area contributed by atoms with E-state index >= 15 is 0 Å². The molecule has 0 spiro atoms. The van der Waals surface area contributed by atoms with E-state index in [4.69, 9.17) is 10.5 Å². The summed E-state index contributed by atoms with van der Waals surface area (Å²) in [6.45, 7) is 1.72. The quantitative estimate of drug-likeness (QED) is 0.888. The van der Waals surface area contributed by atoms with Gasteiger partial charge in [0, 0.05) is 18.7 Å². The van der Waals surface area contributed by atoms with Crippen LogP contribution in [0.2, 0.25) is 0 Å². The van der Waals surface area contributed by atoms with E-state index in [-0.39, 0.29) is 5.82 Å². The molecule has 1 aromatic heterocycles. The van der Waals surface area contributed by atoms with Gasteiger partial charge in [-0.25, -0.2) is 4.39 Å². The Morgan fingerprint density at radius 2 is 2.24 bits per heavy atom. The molecule has 2 rings (SSSR count). The predicted octanol–water partition coefficient (Wildman–Crippen LogP) is 2.37. The van der Waals surface area contributed by atoms with E-state index in [9.17, 15) is 4.39 Å². The van der Waals surface area contributed by atoms with Gasteiger partial charge < -0.3 is 10.5 Å². The summed E-state index contributed by atoms with van der Waals surface area (Å²) >= 11 is 0. The molecule has 1 heterocycles. The van der Waals surface area contributed by atoms with Crippen molar-refractivity contribution in [2.75, 3.05) is 0 Å². The van der Waals surface area contributed by atoms with Gasteiger partial charge in [-0.2, -0.15) is 5.10 Å². The summed E-state index contributed by atoms with van der Waals surface area (Å²) in [7, 11) is 1.78. The van der Waals surface area contributed by atoms with Gasteiger partial charge in [0.25, 0.3) is 0 Å². The zero-order chi connectivity index (χ0) is 12.4. The minimum Gasteiger partial charge on any atom is -0.454 e. The Balaban J connectivity index is 2.35. The monoisotopic (exact) mass is 235 g/mol. The molecule has 0 saturated heterocycles. The standard InChI is InChI=1S/C12H14FN3O/c1-8(14)12-10(13)4-3-5-11(12)17-9-6-15-16(2)7-9/h3-8H,14H2,1-2H3/t8-/m1/s1. The molecular weight excluding hydrogens is 221 g/mol. The molecule has 1 atom stereocenters. The van der Waals surface area contributed by atoms with Crippen LogP contribution in [0.3, 0.4) is 0 Å². The van der Waals surface area contributed by atoms with Gasteiger partial charge in [0.05, 0.1) is 12.4 Å². The summed E-state index contributed by atoms with van der Waals surface area (Å²) in [5.74, 6) is 0.620. The first-order valence-electron chi connectivity index (χ1n) is 5.28. The molecule has 1 aromatic carbocycles. The van der Waals surface area contributed by atoms with Crippen LogP contribution >= 0.6 is 0 Å². The molecule has 0 fully saturated rings. The summed E-state index contributed by atoms with van der Waals surface area (Å²) in [5.41, 5.74) is 6.11. The van der Waals surface area contributed by atoms with Crippen molar-refractivity contribution < 1.29 is 9.13 Å². The lowest BCUT2D eigenvalue weighted by Gasteiger charge is -2.13. The molecule has 0 saturated carbocycles. The Bertz CT molecular complexity index is 522. The summed E-state index contributed by atoms with van der Waals surface area (Å²) < 4.78 is 20.8. The van der Waals surface area contributed by atoms with Gasteiger partial charge in [0.15, 0.2) is 5.75 Å². The van der Waals surface area contributed by atoms with E-state index in [0.717, 1.165) is 0 Å². The number of nitrogens with two attached hydrogens (primary N) is 1. The zero-order valence-corrected chi connectivity index (χ0v) is 9.72. The summed E-state index contributed by atoms with van der Waals surface area (Å²) in [4.78, 5) is 0. The van der Waals surface area contributed by atoms with Gasteiger partial charge in [-0.1, -0.05) is 6.07 Å². The van der Waals surface area contributed by atoms with Crippen LogP contribution in [0.5, 0.6) is 11.5 Å². The lowest BCUT2D eigenvalue weighted by atomic mass is 10.1. The van der Waals surface area contributed by atoms with Crippen molar-refractivity contribution in [1.82, 2.24) is 9.78 Å². The number of halogens is 1. The summed E-state index contributed by atoms with van der Waals surface area (Å²) in [6, 6.07) is 4.22. The van der Waals surface area contributed by atoms with Crippen LogP contribution < -0.4 is 10.5 Å². The van der Waals surface area contributed by atoms with Gasteiger partial charge in [0.2, 0.25) is 0 Å². The normalized spacial score (nSPS) is 12.5. The van der Waals surface area contributed by atoms with Crippen molar-refractivity contribution in [3.63, 3.8) is 0 Å². The Labute approximate surface area is 98.8 Å². The van der Waals surface area contributed by atoms with Crippen molar-refractivity contribution in [2.45, 2.75) is 13.0 Å². The van der Waals surface area contributed by atoms with Gasteiger partial charge in [-0.15, -0.1) is 0 Å². The number of nitrogens with zero attached hydrogens (tertiary/aromatic N) is 2. The largest absolute Gasteiger partial charge is 0.454 e. The highest BCUT2D eigenvalue weighted by Gasteiger charge is 2.14. The highest BCUT2D eigenvalue weighted by Crippen LogP contribution is 2.30. The molecule has 90 valence electrons. The van der Waals surface area contributed by atoms with Gasteiger partial charge in [-0.05, 0) is 19.1 Å². The second kappa shape index (κ2) is 4.55. The predicted molar refractivity (Wildman–Crippen MR) is 62.3 cm³/mol. The SMILES string of the molecule is C[C@@H](N)c1c(F)cccc1Oc1cnn(C)c1. The van der Waals surface area contributed by atoms with Crippen LogP contribution in [0.25, 0.3) is 0 Å². The molecule has 4 nitrogen and oxygen atoms in total. The van der Waals surface area contributed by atoms with Crippen molar-refractivity contribution in [3.05, 3.63) is 42.0 Å². The zero-order valence-electron chi connectivity index (χ0n) is 9.72. The molecule has 0 aliphatic carbocycles. The maximum Gasteiger partial charge on any atom is 0.165 e. The number of rotatable bonds is 3. The van der Waals surface area contributed by atoms with E-state index < -0.39 is 6.04 Å². The van der Waals surface area contributed by atoms with Crippen LogP contribution in [0.15, 0.2) is 30.6 Å². The summed E-state index contributed by atoms with van der Waals surface area (Å²) in [5, 5.41) is 3.98. The number of hydrogen-bond donors (Lipinski definition) is 1. The second-order valence-corrected chi connectivity index (χ2v) is 3.89. The van der Waals surface area contributed by atoms with Crippen molar-refractivity contribution in [2.24, 2.45) is 12.8 Å². The number of benzene rings is 1. The Kier molecular flexibility index (Phi) is 3.10. The summed E-state index contributed by atoms with van der Waals surface area (Å²) in [6.07, 6.45) is 3.27. The molecule has 0 unspecified atom stereocenters. The minimum atomic E-state index is -0.428. The average molecular weight is 235 g/mol. The first-order chi connectivity index (χ1) is 8.08. The lowest BCUT2D eigenvalue weighted by molar-refractivity contribution is 0.460. The maximum atomic E-state index is 13.6. The van der Waals surface area contributed by atoms with Crippen LogP contribution in [0.1, 0.15) is 18.5 Å². The molecule has 2 N–H and O–H groups in total. The van der Waals surface area contributed by atoms with E-state index in [1.165, 1.54) is 6.07 Å². The third kappa shape index (κ3) is 2.45. The first kappa shape index (κ1) is 11.6. The third-order valence-electron chi connectivity index (χ3n) is 2.38. The molecule has 0 aliphatic rings. The van der Waals surface area contributed by atoms with Crippen molar-refractivity contribution >= 4 is 0 Å². The molecule has 2 aromatic rings. The first-order valence-corrected chi connectivity index (χ1v) is 5.28. The molecule has 17 heavy (non-hydrogen) atoms. The average Bonchev–Trinajstić information content (AvgIpc) is 2.63. The van der Waals surface area contributed by atoms with E-state index in [1.807, 2.05) is 0 Å². The molecule has 0 amide bonds. The topological polar surface area (TPSA) is 53.1 Å². The minimum absolute atomic E-state index is 0.360. The fourth-order valence-electron chi connectivity index (χ4n) is 1.63. The molecule has 0 bridgehead atoms. The third-order valence-corrected chi connectivity index (χ3v) is 2.38. The Morgan fingerprint density at radius 1 is 1.47 bits per heavy atom. The van der Waals surface area contributed by atoms with Crippen LogP contribution in [0, 0.1) is 5.82 Å². The highest BCUT2D eigenvalue weighted by molar-refractivity contribution is 5.39. The smallest absolute Gasteiger partial charge is 0.165 e. The van der Waals surface area contributed by atoms with E-state index in [0.29, 0.717) is 17.1 Å². The fourth-order valence-corrected chi connectivity index (χ4v) is 1.63. The number of aryl methyl sites for hydroxylation is 1. The maximum absolute atomic E-state index is 13.6. The van der Waals surface area contributed by atoms with Gasteiger partial charge in [-0.3, -0.25) is 4.68 Å². The Morgan fingerprint density at radius 3 is 2.82 bits per heavy atom. The van der Waals surface area contributed by atoms with Gasteiger partial charge in [0.1, 0.15) is 11.6 Å². The second-order valence-electron chi connectivity index (χ2n) is 3.89. The molecule has 0 radical (unpaired) electrons. The van der Waals surface area contributed by atoms with Gasteiger partial charge >= 0.3 is 0 Å². The highest BCUT2D eigenvalue weighted by atomic mass is 19.1. The fraction of sp³-hybridized carbons (Fsp3) is 0.250. The van der Waals surface area contributed by atoms with Crippen LogP contribution in [-0.2, 0) is 7.05 Å². The molecular formula is C12H14FN3O. The van der Waals surface area contributed by atoms with Crippen molar-refractivity contribution in [3.8, 4) is 11.5 Å². The molecule has 5 heteroatoms. The van der Waals surface area contributed by atoms with Crippen LogP contribution in [0.4, 0.5) is 4.39 Å². The molecule has 0 aliphatic heterocycles.